The number of halogens is 3. The van der Waals surface area contributed by atoms with Gasteiger partial charge in [-0.25, -0.2) is 4.98 Å². The van der Waals surface area contributed by atoms with Gasteiger partial charge < -0.3 is 10.2 Å². The van der Waals surface area contributed by atoms with E-state index >= 15 is 0 Å². The Balaban J connectivity index is 1.24. The maximum atomic E-state index is 13.4. The van der Waals surface area contributed by atoms with Crippen LogP contribution < -0.4 is 10.2 Å². The number of fused-ring (bicyclic) bond motifs is 1. The second kappa shape index (κ2) is 10.3. The van der Waals surface area contributed by atoms with E-state index in [1.165, 1.54) is 22.2 Å². The highest BCUT2D eigenvalue weighted by atomic mass is 19.4. The monoisotopic (exact) mass is 506 g/mol. The number of nitrogens with one attached hydrogen (secondary N) is 1. The number of imidazole rings is 1. The first kappa shape index (κ1) is 24.9. The Morgan fingerprint density at radius 2 is 1.70 bits per heavy atom. The molecule has 0 saturated carbocycles. The third-order valence-electron chi connectivity index (χ3n) is 7.10. The smallest absolute Gasteiger partial charge is 0.371 e. The van der Waals surface area contributed by atoms with Gasteiger partial charge in [0.25, 0.3) is 5.91 Å². The molecule has 0 aliphatic carbocycles. The maximum absolute atomic E-state index is 13.4. The average Bonchev–Trinajstić information content (AvgIpc) is 3.31. The summed E-state index contributed by atoms with van der Waals surface area (Å²) in [4.78, 5) is 19.6. The number of aromatic nitrogens is 2. The van der Waals surface area contributed by atoms with Crippen LogP contribution in [-0.2, 0) is 19.1 Å². The number of anilines is 1. The number of rotatable bonds is 6. The quantitative estimate of drug-likeness (QED) is 0.337. The highest BCUT2D eigenvalue weighted by Gasteiger charge is 2.35. The van der Waals surface area contributed by atoms with Gasteiger partial charge in [0.15, 0.2) is 0 Å². The van der Waals surface area contributed by atoms with Crippen molar-refractivity contribution < 1.29 is 18.0 Å². The van der Waals surface area contributed by atoms with Gasteiger partial charge >= 0.3 is 6.18 Å². The molecular weight excluding hydrogens is 477 g/mol. The number of benzene rings is 2. The summed E-state index contributed by atoms with van der Waals surface area (Å²) >= 11 is 0. The van der Waals surface area contributed by atoms with Gasteiger partial charge in [-0.1, -0.05) is 49.4 Å². The lowest BCUT2D eigenvalue weighted by Crippen LogP contribution is -2.32. The van der Waals surface area contributed by atoms with Crippen molar-refractivity contribution in [1.82, 2.24) is 14.7 Å². The summed E-state index contributed by atoms with van der Waals surface area (Å²) in [6.07, 6.45) is -0.544. The molecule has 1 aliphatic heterocycles. The van der Waals surface area contributed by atoms with Crippen molar-refractivity contribution in [3.05, 3.63) is 101 Å². The summed E-state index contributed by atoms with van der Waals surface area (Å²) in [5, 5.41) is 2.85. The Morgan fingerprint density at radius 3 is 2.35 bits per heavy atom. The van der Waals surface area contributed by atoms with E-state index in [0.717, 1.165) is 43.2 Å². The van der Waals surface area contributed by atoms with Crippen molar-refractivity contribution >= 4 is 17.2 Å². The largest absolute Gasteiger partial charge is 0.419 e. The molecule has 1 N–H and O–H groups in total. The van der Waals surface area contributed by atoms with Crippen molar-refractivity contribution in [3.8, 4) is 0 Å². The average molecular weight is 507 g/mol. The lowest BCUT2D eigenvalue weighted by Gasteiger charge is -2.34. The molecule has 1 fully saturated rings. The standard InChI is InChI=1S/C29H29F3N4O/c1-2-25-26(36-16-6-9-24(27(36)34-25)29(30,31)32)28(37)33-19-20-10-12-23(13-11-20)35-17-14-22(15-18-35)21-7-4-3-5-8-21/h3-13,16,22H,2,14-15,17-19H2,1H3,(H,33,37). The normalized spacial score (nSPS) is 14.8. The molecular formula is C29H29F3N4O. The molecule has 37 heavy (non-hydrogen) atoms. The topological polar surface area (TPSA) is 49.6 Å². The minimum atomic E-state index is -4.55. The van der Waals surface area contributed by atoms with E-state index in [1.54, 1.807) is 6.92 Å². The first-order valence-corrected chi connectivity index (χ1v) is 12.6. The molecule has 2 aromatic heterocycles. The number of nitrogens with zero attached hydrogens (tertiary/aromatic N) is 3. The van der Waals surface area contributed by atoms with Crippen molar-refractivity contribution in [2.45, 2.75) is 44.8 Å². The molecule has 1 aliphatic rings. The van der Waals surface area contributed by atoms with E-state index in [9.17, 15) is 18.0 Å². The third kappa shape index (κ3) is 5.19. The number of carbonyl (C=O) groups excluding carboxylic acids is 1. The highest BCUT2D eigenvalue weighted by molar-refractivity contribution is 5.95. The molecule has 0 unspecified atom stereocenters. The zero-order valence-electron chi connectivity index (χ0n) is 20.6. The zero-order chi connectivity index (χ0) is 26.0. The number of pyridine rings is 1. The molecule has 0 radical (unpaired) electrons. The van der Waals surface area contributed by atoms with Gasteiger partial charge in [-0.15, -0.1) is 0 Å². The van der Waals surface area contributed by atoms with Gasteiger partial charge in [0, 0.05) is 31.5 Å². The number of piperidine rings is 1. The van der Waals surface area contributed by atoms with Crippen LogP contribution in [0.15, 0.2) is 72.9 Å². The van der Waals surface area contributed by atoms with Gasteiger partial charge in [-0.2, -0.15) is 13.2 Å². The van der Waals surface area contributed by atoms with Gasteiger partial charge in [0.2, 0.25) is 0 Å². The molecule has 3 heterocycles. The Hall–Kier alpha value is -3.81. The van der Waals surface area contributed by atoms with Crippen LogP contribution in [0.5, 0.6) is 0 Å². The second-order valence-electron chi connectivity index (χ2n) is 9.40. The Bertz CT molecular complexity index is 1370. The molecule has 8 heteroatoms. The fourth-order valence-corrected chi connectivity index (χ4v) is 5.11. The zero-order valence-corrected chi connectivity index (χ0v) is 20.6. The number of alkyl halides is 3. The molecule has 2 aromatic carbocycles. The minimum Gasteiger partial charge on any atom is -0.371 e. The van der Waals surface area contributed by atoms with Crippen LogP contribution in [-0.4, -0.2) is 28.4 Å². The summed E-state index contributed by atoms with van der Waals surface area (Å²) in [5.41, 5.74) is 2.84. The van der Waals surface area contributed by atoms with Crippen molar-refractivity contribution in [3.63, 3.8) is 0 Å². The molecule has 192 valence electrons. The molecule has 1 amide bonds. The summed E-state index contributed by atoms with van der Waals surface area (Å²) in [6.45, 7) is 4.02. The fraction of sp³-hybridized carbons (Fsp3) is 0.310. The number of hydrogen-bond donors (Lipinski definition) is 1. The number of aryl methyl sites for hydroxylation is 1. The van der Waals surface area contributed by atoms with Gasteiger partial charge in [-0.05, 0) is 60.6 Å². The molecule has 0 atom stereocenters. The summed E-state index contributed by atoms with van der Waals surface area (Å²) < 4.78 is 41.6. The van der Waals surface area contributed by atoms with Crippen molar-refractivity contribution in [2.75, 3.05) is 18.0 Å². The molecule has 0 bridgehead atoms. The number of hydrogen-bond acceptors (Lipinski definition) is 3. The van der Waals surface area contributed by atoms with Crippen LogP contribution >= 0.6 is 0 Å². The Labute approximate surface area is 213 Å². The van der Waals surface area contributed by atoms with Crippen LogP contribution in [0.2, 0.25) is 0 Å². The fourth-order valence-electron chi connectivity index (χ4n) is 5.11. The number of carbonyl (C=O) groups is 1. The van der Waals surface area contributed by atoms with Crippen LogP contribution in [0.4, 0.5) is 18.9 Å². The minimum absolute atomic E-state index is 0.140. The number of amides is 1. The second-order valence-corrected chi connectivity index (χ2v) is 9.40. The SMILES string of the molecule is CCc1nc2c(C(F)(F)F)cccn2c1C(=O)NCc1ccc(N2CCC(c3ccccc3)CC2)cc1. The van der Waals surface area contributed by atoms with Crippen molar-refractivity contribution in [2.24, 2.45) is 0 Å². The maximum Gasteiger partial charge on any atom is 0.419 e. The summed E-state index contributed by atoms with van der Waals surface area (Å²) in [7, 11) is 0. The van der Waals surface area contributed by atoms with E-state index in [0.29, 0.717) is 18.0 Å². The Morgan fingerprint density at radius 1 is 1.00 bits per heavy atom. The van der Waals surface area contributed by atoms with E-state index in [4.69, 9.17) is 0 Å². The summed E-state index contributed by atoms with van der Waals surface area (Å²) in [6, 6.07) is 21.0. The molecule has 0 spiro atoms. The predicted molar refractivity (Wildman–Crippen MR) is 138 cm³/mol. The molecule has 5 rings (SSSR count). The van der Waals surface area contributed by atoms with Crippen LogP contribution in [0.3, 0.4) is 0 Å². The molecule has 5 nitrogen and oxygen atoms in total. The third-order valence-corrected chi connectivity index (χ3v) is 7.10. The summed E-state index contributed by atoms with van der Waals surface area (Å²) in [5.74, 6) is 0.141. The van der Waals surface area contributed by atoms with E-state index in [2.05, 4.69) is 51.6 Å². The van der Waals surface area contributed by atoms with E-state index in [-0.39, 0.29) is 17.9 Å². The van der Waals surface area contributed by atoms with Crippen LogP contribution in [0, 0.1) is 0 Å². The first-order valence-electron chi connectivity index (χ1n) is 12.6. The Kier molecular flexibility index (Phi) is 6.91. The lowest BCUT2D eigenvalue weighted by molar-refractivity contribution is -0.136. The van der Waals surface area contributed by atoms with E-state index < -0.39 is 17.6 Å². The van der Waals surface area contributed by atoms with Gasteiger partial charge in [0.05, 0.1) is 11.3 Å². The molecule has 1 saturated heterocycles. The highest BCUT2D eigenvalue weighted by Crippen LogP contribution is 2.33. The van der Waals surface area contributed by atoms with Crippen molar-refractivity contribution in [1.29, 1.82) is 0 Å². The van der Waals surface area contributed by atoms with E-state index in [1.807, 2.05) is 18.2 Å². The molecule has 4 aromatic rings. The van der Waals surface area contributed by atoms with Crippen LogP contribution in [0.25, 0.3) is 5.65 Å². The van der Waals surface area contributed by atoms with Crippen LogP contribution in [0.1, 0.15) is 58.6 Å². The first-order chi connectivity index (χ1) is 17.8. The van der Waals surface area contributed by atoms with Gasteiger partial charge in [-0.3, -0.25) is 9.20 Å². The lowest BCUT2D eigenvalue weighted by atomic mass is 9.89. The van der Waals surface area contributed by atoms with Gasteiger partial charge in [0.1, 0.15) is 11.3 Å². The predicted octanol–water partition coefficient (Wildman–Crippen LogP) is 6.23.